The van der Waals surface area contributed by atoms with Crippen molar-refractivity contribution in [2.45, 2.75) is 24.7 Å². The van der Waals surface area contributed by atoms with Crippen LogP contribution in [-0.4, -0.2) is 23.1 Å². The molecule has 2 aromatic carbocycles. The van der Waals surface area contributed by atoms with Crippen LogP contribution in [0.3, 0.4) is 0 Å². The molecule has 0 atom stereocenters. The van der Waals surface area contributed by atoms with Crippen molar-refractivity contribution in [2.24, 2.45) is 0 Å². The molecule has 2 heterocycles. The molecule has 0 bridgehead atoms. The van der Waals surface area contributed by atoms with Crippen LogP contribution in [0.2, 0.25) is 0 Å². The molecule has 4 rings (SSSR count). The van der Waals surface area contributed by atoms with E-state index >= 15 is 0 Å². The Balaban J connectivity index is 1.63. The number of H-pyrrole nitrogens is 1. The molecule has 122 valence electrons. The number of aromatic amines is 1. The minimum absolute atomic E-state index is 0.201. The monoisotopic (exact) mass is 317 g/mol. The Morgan fingerprint density at radius 1 is 0.875 bits per heavy atom. The van der Waals surface area contributed by atoms with Crippen LogP contribution in [0.15, 0.2) is 66.9 Å². The Hall–Kier alpha value is -2.39. The lowest BCUT2D eigenvalue weighted by Crippen LogP contribution is -2.41. The highest BCUT2D eigenvalue weighted by atomic mass is 14.9. The lowest BCUT2D eigenvalue weighted by atomic mass is 9.70. The van der Waals surface area contributed by atoms with Gasteiger partial charge in [0.2, 0.25) is 0 Å². The van der Waals surface area contributed by atoms with Gasteiger partial charge in [0.1, 0.15) is 5.82 Å². The number of hydrogen-bond donors (Lipinski definition) is 2. The van der Waals surface area contributed by atoms with E-state index in [0.717, 1.165) is 43.7 Å². The van der Waals surface area contributed by atoms with E-state index < -0.39 is 0 Å². The van der Waals surface area contributed by atoms with E-state index in [1.807, 2.05) is 12.3 Å². The third-order valence-corrected chi connectivity index (χ3v) is 5.15. The van der Waals surface area contributed by atoms with Gasteiger partial charge in [-0.25, -0.2) is 4.98 Å². The molecular weight excluding hydrogens is 294 g/mol. The summed E-state index contributed by atoms with van der Waals surface area (Å²) >= 11 is 0. The molecule has 1 aromatic heterocycles. The predicted molar refractivity (Wildman–Crippen MR) is 98.0 cm³/mol. The first-order valence-corrected chi connectivity index (χ1v) is 8.71. The van der Waals surface area contributed by atoms with Crippen LogP contribution < -0.4 is 5.32 Å². The molecule has 1 saturated heterocycles. The van der Waals surface area contributed by atoms with Crippen molar-refractivity contribution >= 4 is 0 Å². The van der Waals surface area contributed by atoms with Crippen LogP contribution in [0.1, 0.15) is 24.1 Å². The van der Waals surface area contributed by atoms with E-state index in [4.69, 9.17) is 0 Å². The molecule has 0 saturated carbocycles. The number of benzene rings is 2. The van der Waals surface area contributed by atoms with Crippen LogP contribution in [0, 0.1) is 0 Å². The quantitative estimate of drug-likeness (QED) is 0.765. The maximum atomic E-state index is 4.61. The smallest absolute Gasteiger partial charge is 0.137 e. The second kappa shape index (κ2) is 6.62. The highest BCUT2D eigenvalue weighted by molar-refractivity contribution is 5.54. The molecular formula is C21H23N3. The minimum Gasteiger partial charge on any atom is -0.342 e. The van der Waals surface area contributed by atoms with Crippen LogP contribution in [0.25, 0.3) is 11.4 Å². The molecule has 1 aliphatic heterocycles. The molecule has 3 aromatic rings. The first-order chi connectivity index (χ1) is 11.9. The van der Waals surface area contributed by atoms with E-state index in [1.165, 1.54) is 11.3 Å². The lowest BCUT2D eigenvalue weighted by molar-refractivity contribution is 0.303. The molecule has 24 heavy (non-hydrogen) atoms. The van der Waals surface area contributed by atoms with E-state index in [0.29, 0.717) is 0 Å². The highest BCUT2D eigenvalue weighted by Gasteiger charge is 2.34. The number of rotatable bonds is 4. The second-order valence-electron chi connectivity index (χ2n) is 6.70. The van der Waals surface area contributed by atoms with Crippen LogP contribution in [-0.2, 0) is 11.8 Å². The SMILES string of the molecule is c1ccc(-c2ncc(CC3(c4ccccc4)CCNCC3)[nH]2)cc1. The lowest BCUT2D eigenvalue weighted by Gasteiger charge is -2.38. The number of piperidine rings is 1. The Morgan fingerprint density at radius 3 is 2.25 bits per heavy atom. The molecule has 0 unspecified atom stereocenters. The molecule has 1 fully saturated rings. The van der Waals surface area contributed by atoms with Gasteiger partial charge in [0.05, 0.1) is 0 Å². The average Bonchev–Trinajstić information content (AvgIpc) is 3.12. The standard InChI is InChI=1S/C21H23N3/c1-3-7-17(8-4-1)20-23-16-19(24-20)15-21(11-13-22-14-12-21)18-9-5-2-6-10-18/h1-10,16,22H,11-15H2,(H,23,24). The Morgan fingerprint density at radius 2 is 1.54 bits per heavy atom. The maximum Gasteiger partial charge on any atom is 0.137 e. The Labute approximate surface area is 143 Å². The van der Waals surface area contributed by atoms with Crippen LogP contribution in [0.4, 0.5) is 0 Å². The normalized spacial score (nSPS) is 16.8. The Bertz CT molecular complexity index is 771. The van der Waals surface area contributed by atoms with Gasteiger partial charge in [-0.05, 0) is 37.9 Å². The number of aromatic nitrogens is 2. The van der Waals surface area contributed by atoms with Crippen molar-refractivity contribution in [1.29, 1.82) is 0 Å². The fraction of sp³-hybridized carbons (Fsp3) is 0.286. The third-order valence-electron chi connectivity index (χ3n) is 5.15. The summed E-state index contributed by atoms with van der Waals surface area (Å²) in [6.45, 7) is 2.16. The van der Waals surface area contributed by atoms with Crippen molar-refractivity contribution in [1.82, 2.24) is 15.3 Å². The van der Waals surface area contributed by atoms with Gasteiger partial charge in [0.15, 0.2) is 0 Å². The zero-order valence-electron chi connectivity index (χ0n) is 13.8. The number of nitrogens with one attached hydrogen (secondary N) is 2. The number of hydrogen-bond acceptors (Lipinski definition) is 2. The molecule has 0 aliphatic carbocycles. The van der Waals surface area contributed by atoms with E-state index in [9.17, 15) is 0 Å². The van der Waals surface area contributed by atoms with Crippen molar-refractivity contribution in [3.05, 3.63) is 78.1 Å². The largest absolute Gasteiger partial charge is 0.342 e. The Kier molecular flexibility index (Phi) is 4.18. The van der Waals surface area contributed by atoms with E-state index in [1.54, 1.807) is 0 Å². The highest BCUT2D eigenvalue weighted by Crippen LogP contribution is 2.36. The van der Waals surface area contributed by atoms with Gasteiger partial charge >= 0.3 is 0 Å². The zero-order chi connectivity index (χ0) is 16.2. The van der Waals surface area contributed by atoms with Gasteiger partial charge < -0.3 is 10.3 Å². The molecule has 0 amide bonds. The summed E-state index contributed by atoms with van der Waals surface area (Å²) in [6.07, 6.45) is 5.35. The predicted octanol–water partition coefficient (Wildman–Crippen LogP) is 3.94. The molecule has 3 nitrogen and oxygen atoms in total. The molecule has 3 heteroatoms. The zero-order valence-corrected chi connectivity index (χ0v) is 13.8. The maximum absolute atomic E-state index is 4.61. The average molecular weight is 317 g/mol. The summed E-state index contributed by atoms with van der Waals surface area (Å²) < 4.78 is 0. The van der Waals surface area contributed by atoms with Crippen molar-refractivity contribution in [3.63, 3.8) is 0 Å². The van der Waals surface area contributed by atoms with E-state index in [-0.39, 0.29) is 5.41 Å². The van der Waals surface area contributed by atoms with Crippen molar-refractivity contribution in [3.8, 4) is 11.4 Å². The third kappa shape index (κ3) is 3.00. The molecule has 0 spiro atoms. The first-order valence-electron chi connectivity index (χ1n) is 8.71. The topological polar surface area (TPSA) is 40.7 Å². The van der Waals surface area contributed by atoms with Gasteiger partial charge in [-0.15, -0.1) is 0 Å². The van der Waals surface area contributed by atoms with Crippen LogP contribution in [0.5, 0.6) is 0 Å². The van der Waals surface area contributed by atoms with Crippen molar-refractivity contribution in [2.75, 3.05) is 13.1 Å². The van der Waals surface area contributed by atoms with Crippen molar-refractivity contribution < 1.29 is 0 Å². The summed E-state index contributed by atoms with van der Waals surface area (Å²) in [7, 11) is 0. The summed E-state index contributed by atoms with van der Waals surface area (Å²) in [6, 6.07) is 21.3. The van der Waals surface area contributed by atoms with Gasteiger partial charge in [0.25, 0.3) is 0 Å². The summed E-state index contributed by atoms with van der Waals surface area (Å²) in [5.74, 6) is 0.961. The first kappa shape index (κ1) is 15.2. The summed E-state index contributed by atoms with van der Waals surface area (Å²) in [4.78, 5) is 8.15. The summed E-state index contributed by atoms with van der Waals surface area (Å²) in [5, 5.41) is 3.50. The van der Waals surface area contributed by atoms with E-state index in [2.05, 4.69) is 69.9 Å². The molecule has 1 aliphatic rings. The number of imidazole rings is 1. The molecule has 2 N–H and O–H groups in total. The summed E-state index contributed by atoms with van der Waals surface area (Å²) in [5.41, 5.74) is 4.01. The fourth-order valence-corrected chi connectivity index (χ4v) is 3.82. The van der Waals surface area contributed by atoms with Gasteiger partial charge in [0, 0.05) is 22.9 Å². The van der Waals surface area contributed by atoms with Gasteiger partial charge in [-0.1, -0.05) is 60.7 Å². The number of nitrogens with zero attached hydrogens (tertiary/aromatic N) is 1. The van der Waals surface area contributed by atoms with Gasteiger partial charge in [-0.2, -0.15) is 0 Å². The minimum atomic E-state index is 0.201. The van der Waals surface area contributed by atoms with Crippen LogP contribution >= 0.6 is 0 Å². The second-order valence-corrected chi connectivity index (χ2v) is 6.70. The van der Waals surface area contributed by atoms with Gasteiger partial charge in [-0.3, -0.25) is 0 Å². The molecule has 0 radical (unpaired) electrons. The fourth-order valence-electron chi connectivity index (χ4n) is 3.82.